The Kier molecular flexibility index (Phi) is 5.40. The van der Waals surface area contributed by atoms with E-state index in [2.05, 4.69) is 0 Å². The molecule has 1 N–H and O–H groups in total. The van der Waals surface area contributed by atoms with Crippen molar-refractivity contribution in [3.63, 3.8) is 0 Å². The lowest BCUT2D eigenvalue weighted by Gasteiger charge is -2.39. The fourth-order valence-electron chi connectivity index (χ4n) is 3.79. The van der Waals surface area contributed by atoms with Gasteiger partial charge in [0, 0.05) is 26.1 Å². The minimum Gasteiger partial charge on any atom is -0.481 e. The highest BCUT2D eigenvalue weighted by atomic mass is 16.4. The maximum absolute atomic E-state index is 13.0. The highest BCUT2D eigenvalue weighted by Gasteiger charge is 2.37. The maximum atomic E-state index is 13.0. The Morgan fingerprint density at radius 3 is 2.52 bits per heavy atom. The predicted octanol–water partition coefficient (Wildman–Crippen LogP) is 1.99. The molecule has 2 saturated heterocycles. The summed E-state index contributed by atoms with van der Waals surface area (Å²) in [5, 5.41) is 8.90. The molecule has 7 heteroatoms. The monoisotopic (exact) mass is 348 g/mol. The van der Waals surface area contributed by atoms with Crippen LogP contribution in [0.5, 0.6) is 0 Å². The van der Waals surface area contributed by atoms with Gasteiger partial charge in [-0.1, -0.05) is 0 Å². The van der Waals surface area contributed by atoms with Gasteiger partial charge in [-0.15, -0.1) is 0 Å². The Morgan fingerprint density at radius 2 is 1.88 bits per heavy atom. The summed E-state index contributed by atoms with van der Waals surface area (Å²) in [6, 6.07) is 2.85. The third kappa shape index (κ3) is 4.03. The zero-order chi connectivity index (χ0) is 17.8. The van der Waals surface area contributed by atoms with Crippen molar-refractivity contribution >= 4 is 17.8 Å². The van der Waals surface area contributed by atoms with E-state index < -0.39 is 12.0 Å². The SMILES string of the molecule is O=C(O)CC1CCN(C(=O)C2CCCCN2C(=O)c2ccco2)CC1. The van der Waals surface area contributed by atoms with E-state index >= 15 is 0 Å². The van der Waals surface area contributed by atoms with Crippen LogP contribution in [0, 0.1) is 5.92 Å². The van der Waals surface area contributed by atoms with E-state index in [0.717, 1.165) is 12.8 Å². The molecule has 7 nitrogen and oxygen atoms in total. The van der Waals surface area contributed by atoms with Crippen LogP contribution in [0.25, 0.3) is 0 Å². The molecule has 0 aromatic carbocycles. The Bertz CT molecular complexity index is 619. The number of piperidine rings is 2. The number of amides is 2. The smallest absolute Gasteiger partial charge is 0.303 e. The van der Waals surface area contributed by atoms with Crippen LogP contribution in [-0.4, -0.2) is 58.4 Å². The average Bonchev–Trinajstić information content (AvgIpc) is 3.15. The quantitative estimate of drug-likeness (QED) is 0.898. The molecule has 136 valence electrons. The number of aliphatic carboxylic acids is 1. The van der Waals surface area contributed by atoms with Gasteiger partial charge >= 0.3 is 5.97 Å². The average molecular weight is 348 g/mol. The van der Waals surface area contributed by atoms with Crippen molar-refractivity contribution in [3.8, 4) is 0 Å². The highest BCUT2D eigenvalue weighted by molar-refractivity contribution is 5.95. The van der Waals surface area contributed by atoms with Crippen molar-refractivity contribution in [2.75, 3.05) is 19.6 Å². The second-order valence-electron chi connectivity index (χ2n) is 6.85. The molecule has 0 saturated carbocycles. The molecule has 2 amide bonds. The number of hydrogen-bond acceptors (Lipinski definition) is 4. The van der Waals surface area contributed by atoms with E-state index in [4.69, 9.17) is 9.52 Å². The molecule has 0 bridgehead atoms. The van der Waals surface area contributed by atoms with Crippen molar-refractivity contribution in [2.24, 2.45) is 5.92 Å². The first-order valence-corrected chi connectivity index (χ1v) is 8.91. The summed E-state index contributed by atoms with van der Waals surface area (Å²) >= 11 is 0. The summed E-state index contributed by atoms with van der Waals surface area (Å²) in [6.45, 7) is 1.69. The van der Waals surface area contributed by atoms with E-state index in [1.807, 2.05) is 0 Å². The number of furan rings is 1. The lowest BCUT2D eigenvalue weighted by atomic mass is 9.92. The van der Waals surface area contributed by atoms with Crippen molar-refractivity contribution in [1.82, 2.24) is 9.80 Å². The normalized spacial score (nSPS) is 22.0. The van der Waals surface area contributed by atoms with E-state index in [1.165, 1.54) is 6.26 Å². The Morgan fingerprint density at radius 1 is 1.12 bits per heavy atom. The van der Waals surface area contributed by atoms with Gasteiger partial charge in [0.05, 0.1) is 6.26 Å². The molecular weight excluding hydrogens is 324 g/mol. The van der Waals surface area contributed by atoms with Gasteiger partial charge in [-0.2, -0.15) is 0 Å². The molecule has 3 heterocycles. The summed E-state index contributed by atoms with van der Waals surface area (Å²) in [5.74, 6) is -0.641. The van der Waals surface area contributed by atoms with Crippen LogP contribution in [-0.2, 0) is 9.59 Å². The van der Waals surface area contributed by atoms with Crippen molar-refractivity contribution < 1.29 is 23.9 Å². The third-order valence-corrected chi connectivity index (χ3v) is 5.17. The van der Waals surface area contributed by atoms with Gasteiger partial charge < -0.3 is 19.3 Å². The summed E-state index contributed by atoms with van der Waals surface area (Å²) in [4.78, 5) is 39.8. The summed E-state index contributed by atoms with van der Waals surface area (Å²) in [5.41, 5.74) is 0. The van der Waals surface area contributed by atoms with Gasteiger partial charge in [0.15, 0.2) is 5.76 Å². The molecule has 2 fully saturated rings. The molecule has 0 aliphatic carbocycles. The van der Waals surface area contributed by atoms with Gasteiger partial charge in [0.25, 0.3) is 5.91 Å². The minimum atomic E-state index is -0.785. The molecule has 0 radical (unpaired) electrons. The van der Waals surface area contributed by atoms with Gasteiger partial charge in [0.2, 0.25) is 5.91 Å². The van der Waals surface area contributed by atoms with Crippen LogP contribution in [0.15, 0.2) is 22.8 Å². The number of carboxylic acid groups (broad SMARTS) is 1. The Labute approximate surface area is 146 Å². The topological polar surface area (TPSA) is 91.1 Å². The molecule has 3 rings (SSSR count). The lowest BCUT2D eigenvalue weighted by molar-refractivity contribution is -0.140. The second-order valence-corrected chi connectivity index (χ2v) is 6.85. The van der Waals surface area contributed by atoms with Crippen molar-refractivity contribution in [2.45, 2.75) is 44.6 Å². The Balaban J connectivity index is 1.63. The largest absolute Gasteiger partial charge is 0.481 e. The number of carbonyl (C=O) groups is 3. The zero-order valence-electron chi connectivity index (χ0n) is 14.2. The van der Waals surface area contributed by atoms with Gasteiger partial charge in [0.1, 0.15) is 6.04 Å². The van der Waals surface area contributed by atoms with Crippen LogP contribution in [0.3, 0.4) is 0 Å². The van der Waals surface area contributed by atoms with Crippen molar-refractivity contribution in [3.05, 3.63) is 24.2 Å². The highest BCUT2D eigenvalue weighted by Crippen LogP contribution is 2.25. The van der Waals surface area contributed by atoms with E-state index in [1.54, 1.807) is 21.9 Å². The van der Waals surface area contributed by atoms with Gasteiger partial charge in [-0.05, 0) is 50.2 Å². The summed E-state index contributed by atoms with van der Waals surface area (Å²) in [7, 11) is 0. The number of nitrogens with zero attached hydrogens (tertiary/aromatic N) is 2. The van der Waals surface area contributed by atoms with Crippen LogP contribution in [0.1, 0.15) is 49.1 Å². The molecule has 1 aromatic rings. The fraction of sp³-hybridized carbons (Fsp3) is 0.611. The second kappa shape index (κ2) is 7.72. The van der Waals surface area contributed by atoms with Crippen LogP contribution in [0.2, 0.25) is 0 Å². The standard InChI is InChI=1S/C18H24N2O5/c21-16(22)12-13-6-9-19(10-7-13)17(23)14-4-1-2-8-20(14)18(24)15-5-3-11-25-15/h3,5,11,13-14H,1-2,4,6-10,12H2,(H,21,22). The van der Waals surface area contributed by atoms with E-state index in [-0.39, 0.29) is 29.9 Å². The first-order valence-electron chi connectivity index (χ1n) is 8.91. The molecule has 0 spiro atoms. The number of likely N-dealkylation sites (tertiary alicyclic amines) is 2. The van der Waals surface area contributed by atoms with Crippen LogP contribution >= 0.6 is 0 Å². The summed E-state index contributed by atoms with van der Waals surface area (Å²) < 4.78 is 5.20. The Hall–Kier alpha value is -2.31. The lowest BCUT2D eigenvalue weighted by Crippen LogP contribution is -2.54. The fourth-order valence-corrected chi connectivity index (χ4v) is 3.79. The molecule has 1 unspecified atom stereocenters. The predicted molar refractivity (Wildman–Crippen MR) is 88.9 cm³/mol. The first kappa shape index (κ1) is 17.5. The molecule has 1 aromatic heterocycles. The van der Waals surface area contributed by atoms with Crippen LogP contribution < -0.4 is 0 Å². The van der Waals surface area contributed by atoms with E-state index in [9.17, 15) is 14.4 Å². The molecule has 25 heavy (non-hydrogen) atoms. The summed E-state index contributed by atoms with van der Waals surface area (Å²) in [6.07, 6.45) is 5.51. The van der Waals surface area contributed by atoms with Gasteiger partial charge in [-0.3, -0.25) is 14.4 Å². The maximum Gasteiger partial charge on any atom is 0.303 e. The van der Waals surface area contributed by atoms with Gasteiger partial charge in [-0.25, -0.2) is 0 Å². The molecule has 2 aliphatic rings. The first-order chi connectivity index (χ1) is 12.1. The van der Waals surface area contributed by atoms with E-state index in [0.29, 0.717) is 38.9 Å². The number of carboxylic acids is 1. The van der Waals surface area contributed by atoms with Crippen LogP contribution in [0.4, 0.5) is 0 Å². The molecular formula is C18H24N2O5. The number of rotatable bonds is 4. The van der Waals surface area contributed by atoms with Crippen molar-refractivity contribution in [1.29, 1.82) is 0 Å². The number of hydrogen-bond donors (Lipinski definition) is 1. The molecule has 1 atom stereocenters. The molecule has 2 aliphatic heterocycles. The number of carbonyl (C=O) groups excluding carboxylic acids is 2. The third-order valence-electron chi connectivity index (χ3n) is 5.17. The minimum absolute atomic E-state index is 0.0200. The zero-order valence-corrected chi connectivity index (χ0v) is 14.2.